The Bertz CT molecular complexity index is 1200. The summed E-state index contributed by atoms with van der Waals surface area (Å²) in [5, 5.41) is 0. The van der Waals surface area contributed by atoms with Crippen LogP contribution in [0.5, 0.6) is 11.5 Å². The van der Waals surface area contributed by atoms with Crippen molar-refractivity contribution in [2.24, 2.45) is 0 Å². The molecular weight excluding hydrogens is 428 g/mol. The highest BCUT2D eigenvalue weighted by atomic mass is 16.5. The second kappa shape index (κ2) is 10.3. The number of likely N-dealkylation sites (N-methyl/N-ethyl adjacent to an activating group) is 1. The van der Waals surface area contributed by atoms with E-state index in [1.54, 1.807) is 24.3 Å². The fraction of sp³-hybridized carbons (Fsp3) is 0.214. The van der Waals surface area contributed by atoms with Gasteiger partial charge in [0, 0.05) is 13.6 Å². The quantitative estimate of drug-likeness (QED) is 0.429. The smallest absolute Gasteiger partial charge is 0.282 e. The van der Waals surface area contributed by atoms with Crippen molar-refractivity contribution in [1.29, 1.82) is 0 Å². The number of imide groups is 1. The summed E-state index contributed by atoms with van der Waals surface area (Å²) in [7, 11) is 3.35. The Hall–Kier alpha value is -4.06. The van der Waals surface area contributed by atoms with E-state index in [1.807, 2.05) is 73.5 Å². The number of methoxy groups -OCH3 is 1. The molecule has 0 aromatic heterocycles. The van der Waals surface area contributed by atoms with Crippen LogP contribution in [0, 0.1) is 0 Å². The zero-order valence-electron chi connectivity index (χ0n) is 19.7. The van der Waals surface area contributed by atoms with Gasteiger partial charge in [0.1, 0.15) is 17.2 Å². The molecule has 0 unspecified atom stereocenters. The van der Waals surface area contributed by atoms with Crippen LogP contribution in [0.25, 0.3) is 5.57 Å². The van der Waals surface area contributed by atoms with Gasteiger partial charge < -0.3 is 14.4 Å². The zero-order valence-corrected chi connectivity index (χ0v) is 19.7. The monoisotopic (exact) mass is 456 g/mol. The van der Waals surface area contributed by atoms with Crippen LogP contribution in [0.15, 0.2) is 84.6 Å². The van der Waals surface area contributed by atoms with Gasteiger partial charge in [0.25, 0.3) is 11.8 Å². The minimum Gasteiger partial charge on any atom is -0.495 e. The van der Waals surface area contributed by atoms with Gasteiger partial charge in [-0.1, -0.05) is 61.5 Å². The predicted octanol–water partition coefficient (Wildman–Crippen LogP) is 4.90. The van der Waals surface area contributed by atoms with Crippen molar-refractivity contribution in [3.63, 3.8) is 0 Å². The van der Waals surface area contributed by atoms with Gasteiger partial charge in [-0.05, 0) is 41.8 Å². The number of carbonyl (C=O) groups is 2. The zero-order chi connectivity index (χ0) is 24.1. The van der Waals surface area contributed by atoms with Crippen LogP contribution in [-0.4, -0.2) is 37.5 Å². The molecule has 0 N–H and O–H groups in total. The van der Waals surface area contributed by atoms with E-state index in [-0.39, 0.29) is 11.8 Å². The molecule has 6 nitrogen and oxygen atoms in total. The molecule has 4 rings (SSSR count). The van der Waals surface area contributed by atoms with Crippen LogP contribution >= 0.6 is 0 Å². The van der Waals surface area contributed by atoms with E-state index in [0.717, 1.165) is 17.7 Å². The van der Waals surface area contributed by atoms with Crippen molar-refractivity contribution < 1.29 is 19.1 Å². The maximum Gasteiger partial charge on any atom is 0.282 e. The first-order valence-electron chi connectivity index (χ1n) is 11.3. The fourth-order valence-electron chi connectivity index (χ4n) is 4.04. The first-order chi connectivity index (χ1) is 16.5. The molecule has 1 aliphatic heterocycles. The number of ether oxygens (including phenoxy) is 2. The molecule has 2 amide bonds. The first kappa shape index (κ1) is 23.1. The minimum atomic E-state index is -0.383. The van der Waals surface area contributed by atoms with E-state index in [9.17, 15) is 9.59 Å². The summed E-state index contributed by atoms with van der Waals surface area (Å²) in [4.78, 5) is 30.5. The highest BCUT2D eigenvalue weighted by molar-refractivity contribution is 6.45. The molecule has 0 aliphatic carbocycles. The first-order valence-corrected chi connectivity index (χ1v) is 11.3. The number of amides is 2. The largest absolute Gasteiger partial charge is 0.495 e. The van der Waals surface area contributed by atoms with E-state index in [4.69, 9.17) is 9.47 Å². The van der Waals surface area contributed by atoms with Gasteiger partial charge in [0.05, 0.1) is 25.0 Å². The standard InChI is InChI=1S/C28H28N2O4/c1-4-18-34-22-16-14-21(15-17-22)25-26(29(2)19-20-10-6-5-7-11-20)28(32)30(27(25)31)23-12-8-9-13-24(23)33-3/h5-17H,4,18-19H2,1-3H3. The second-order valence-electron chi connectivity index (χ2n) is 8.06. The van der Waals surface area contributed by atoms with Crippen molar-refractivity contribution in [2.75, 3.05) is 25.7 Å². The lowest BCUT2D eigenvalue weighted by Gasteiger charge is -2.22. The highest BCUT2D eigenvalue weighted by Gasteiger charge is 2.42. The SMILES string of the molecule is CCCOc1ccc(C2=C(N(C)Cc3ccccc3)C(=O)N(c3ccccc3OC)C2=O)cc1. The average molecular weight is 457 g/mol. The number of benzene rings is 3. The molecule has 3 aromatic rings. The normalized spacial score (nSPS) is 13.4. The maximum atomic E-state index is 13.7. The number of rotatable bonds is 9. The van der Waals surface area contributed by atoms with Crippen molar-refractivity contribution in [3.8, 4) is 11.5 Å². The molecule has 0 saturated heterocycles. The Balaban J connectivity index is 1.77. The number of hydrogen-bond donors (Lipinski definition) is 0. The highest BCUT2D eigenvalue weighted by Crippen LogP contribution is 2.38. The van der Waals surface area contributed by atoms with E-state index in [2.05, 4.69) is 0 Å². The van der Waals surface area contributed by atoms with Gasteiger partial charge in [0.2, 0.25) is 0 Å². The summed E-state index contributed by atoms with van der Waals surface area (Å²) in [6, 6.07) is 24.2. The van der Waals surface area contributed by atoms with Gasteiger partial charge in [-0.2, -0.15) is 0 Å². The van der Waals surface area contributed by atoms with E-state index in [0.29, 0.717) is 41.4 Å². The molecular formula is C28H28N2O4. The molecule has 174 valence electrons. The maximum absolute atomic E-state index is 13.7. The van der Waals surface area contributed by atoms with Crippen LogP contribution in [-0.2, 0) is 16.1 Å². The van der Waals surface area contributed by atoms with Gasteiger partial charge in [0.15, 0.2) is 0 Å². The summed E-state index contributed by atoms with van der Waals surface area (Å²) in [5.74, 6) is 0.420. The third kappa shape index (κ3) is 4.53. The number of anilines is 1. The third-order valence-corrected chi connectivity index (χ3v) is 5.65. The van der Waals surface area contributed by atoms with Crippen LogP contribution in [0.2, 0.25) is 0 Å². The fourth-order valence-corrected chi connectivity index (χ4v) is 4.04. The van der Waals surface area contributed by atoms with E-state index >= 15 is 0 Å². The van der Waals surface area contributed by atoms with Crippen LogP contribution < -0.4 is 14.4 Å². The Kier molecular flexibility index (Phi) is 6.97. The van der Waals surface area contributed by atoms with E-state index in [1.165, 1.54) is 12.0 Å². The van der Waals surface area contributed by atoms with Crippen LogP contribution in [0.4, 0.5) is 5.69 Å². The second-order valence-corrected chi connectivity index (χ2v) is 8.06. The van der Waals surface area contributed by atoms with Gasteiger partial charge in [-0.15, -0.1) is 0 Å². The van der Waals surface area contributed by atoms with Crippen molar-refractivity contribution in [1.82, 2.24) is 4.90 Å². The van der Waals surface area contributed by atoms with Crippen molar-refractivity contribution >= 4 is 23.1 Å². The van der Waals surface area contributed by atoms with Crippen LogP contribution in [0.1, 0.15) is 24.5 Å². The summed E-state index contributed by atoms with van der Waals surface area (Å²) in [5.41, 5.74) is 2.83. The Morgan fingerprint density at radius 2 is 1.53 bits per heavy atom. The molecule has 0 fully saturated rings. The number of nitrogens with zero attached hydrogens (tertiary/aromatic N) is 2. The molecule has 0 atom stereocenters. The molecule has 1 heterocycles. The number of carbonyl (C=O) groups excluding carboxylic acids is 2. The van der Waals surface area contributed by atoms with Gasteiger partial charge in [-0.25, -0.2) is 4.90 Å². The van der Waals surface area contributed by atoms with Gasteiger partial charge >= 0.3 is 0 Å². The lowest BCUT2D eigenvalue weighted by molar-refractivity contribution is -0.120. The van der Waals surface area contributed by atoms with Crippen LogP contribution in [0.3, 0.4) is 0 Å². The summed E-state index contributed by atoms with van der Waals surface area (Å²) in [6.45, 7) is 3.14. The van der Waals surface area contributed by atoms with Crippen molar-refractivity contribution in [3.05, 3.63) is 95.7 Å². The summed E-state index contributed by atoms with van der Waals surface area (Å²) >= 11 is 0. The summed E-state index contributed by atoms with van der Waals surface area (Å²) < 4.78 is 11.1. The molecule has 0 radical (unpaired) electrons. The molecule has 0 bridgehead atoms. The molecule has 34 heavy (non-hydrogen) atoms. The third-order valence-electron chi connectivity index (χ3n) is 5.65. The van der Waals surface area contributed by atoms with Crippen molar-refractivity contribution in [2.45, 2.75) is 19.9 Å². The average Bonchev–Trinajstić information content (AvgIpc) is 3.13. The van der Waals surface area contributed by atoms with E-state index < -0.39 is 0 Å². The molecule has 3 aromatic carbocycles. The molecule has 0 spiro atoms. The minimum absolute atomic E-state index is 0.349. The lowest BCUT2D eigenvalue weighted by atomic mass is 10.0. The molecule has 6 heteroatoms. The Morgan fingerprint density at radius 1 is 0.853 bits per heavy atom. The predicted molar refractivity (Wildman–Crippen MR) is 133 cm³/mol. The molecule has 0 saturated carbocycles. The number of hydrogen-bond acceptors (Lipinski definition) is 5. The number of para-hydroxylation sites is 2. The van der Waals surface area contributed by atoms with Gasteiger partial charge in [-0.3, -0.25) is 9.59 Å². The lowest BCUT2D eigenvalue weighted by Crippen LogP contribution is -2.34. The molecule has 1 aliphatic rings. The Morgan fingerprint density at radius 3 is 2.21 bits per heavy atom. The topological polar surface area (TPSA) is 59.1 Å². The summed E-state index contributed by atoms with van der Waals surface area (Å²) in [6.07, 6.45) is 0.905. The Labute approximate surface area is 200 Å².